The molecule has 2 atom stereocenters. The molecule has 1 fully saturated rings. The Morgan fingerprint density at radius 3 is 2.60 bits per heavy atom. The van der Waals surface area contributed by atoms with E-state index in [4.69, 9.17) is 5.11 Å². The van der Waals surface area contributed by atoms with Crippen molar-refractivity contribution in [1.29, 1.82) is 0 Å². The molecule has 1 saturated heterocycles. The minimum Gasteiger partial charge on any atom is -0.395 e. The third-order valence-electron chi connectivity index (χ3n) is 3.40. The van der Waals surface area contributed by atoms with E-state index in [0.717, 1.165) is 25.9 Å². The maximum atomic E-state index is 9.92. The molecule has 3 heteroatoms. The van der Waals surface area contributed by atoms with E-state index in [9.17, 15) is 5.11 Å². The van der Waals surface area contributed by atoms with Crippen LogP contribution in [0.5, 0.6) is 0 Å². The summed E-state index contributed by atoms with van der Waals surface area (Å²) in [7, 11) is 0. The average Bonchev–Trinajstić information content (AvgIpc) is 2.59. The van der Waals surface area contributed by atoms with Crippen LogP contribution in [-0.4, -0.2) is 47.0 Å². The van der Waals surface area contributed by atoms with Crippen molar-refractivity contribution in [3.63, 3.8) is 0 Å². The smallest absolute Gasteiger partial charge is 0.0600 e. The first-order chi connectivity index (χ1) is 6.95. The van der Waals surface area contributed by atoms with Crippen LogP contribution in [0.15, 0.2) is 0 Å². The van der Waals surface area contributed by atoms with E-state index in [2.05, 4.69) is 25.7 Å². The molecule has 0 saturated carbocycles. The second-order valence-corrected chi connectivity index (χ2v) is 5.69. The lowest BCUT2D eigenvalue weighted by Gasteiger charge is -2.29. The number of aliphatic hydroxyl groups is 2. The van der Waals surface area contributed by atoms with E-state index < -0.39 is 0 Å². The Bertz CT molecular complexity index is 189. The zero-order valence-electron chi connectivity index (χ0n) is 10.2. The summed E-state index contributed by atoms with van der Waals surface area (Å²) in [5, 5.41) is 19.1. The Balaban J connectivity index is 2.30. The molecule has 90 valence electrons. The maximum absolute atomic E-state index is 9.92. The lowest BCUT2D eigenvalue weighted by molar-refractivity contribution is 0.0410. The fourth-order valence-electron chi connectivity index (χ4n) is 2.12. The van der Waals surface area contributed by atoms with Gasteiger partial charge in [0.15, 0.2) is 0 Å². The molecule has 0 aromatic rings. The number of nitrogens with zero attached hydrogens (tertiary/aromatic N) is 1. The standard InChI is InChI=1S/C12H25NO2/c1-12(2,3)11(15)6-8-13-7-4-5-10(13)9-14/h10-11,14-15H,4-9H2,1-3H3. The van der Waals surface area contributed by atoms with Crippen LogP contribution < -0.4 is 0 Å². The molecule has 3 nitrogen and oxygen atoms in total. The second-order valence-electron chi connectivity index (χ2n) is 5.69. The van der Waals surface area contributed by atoms with E-state index in [1.165, 1.54) is 6.42 Å². The normalized spacial score (nSPS) is 25.8. The SMILES string of the molecule is CC(C)(C)C(O)CCN1CCCC1CO. The topological polar surface area (TPSA) is 43.7 Å². The van der Waals surface area contributed by atoms with Crippen LogP contribution in [0.1, 0.15) is 40.0 Å². The van der Waals surface area contributed by atoms with Crippen LogP contribution >= 0.6 is 0 Å². The molecule has 1 aliphatic rings. The van der Waals surface area contributed by atoms with Gasteiger partial charge in [-0.15, -0.1) is 0 Å². The van der Waals surface area contributed by atoms with E-state index in [1.807, 2.05) is 0 Å². The fourth-order valence-corrected chi connectivity index (χ4v) is 2.12. The molecule has 0 aromatic carbocycles. The van der Waals surface area contributed by atoms with Gasteiger partial charge in [0.2, 0.25) is 0 Å². The van der Waals surface area contributed by atoms with Gasteiger partial charge in [0.05, 0.1) is 12.7 Å². The van der Waals surface area contributed by atoms with Crippen molar-refractivity contribution >= 4 is 0 Å². The maximum Gasteiger partial charge on any atom is 0.0600 e. The molecule has 0 bridgehead atoms. The zero-order valence-corrected chi connectivity index (χ0v) is 10.2. The number of aliphatic hydroxyl groups excluding tert-OH is 2. The summed E-state index contributed by atoms with van der Waals surface area (Å²) < 4.78 is 0. The van der Waals surface area contributed by atoms with Gasteiger partial charge < -0.3 is 10.2 Å². The molecule has 0 radical (unpaired) electrons. The van der Waals surface area contributed by atoms with Crippen LogP contribution in [-0.2, 0) is 0 Å². The van der Waals surface area contributed by atoms with Crippen molar-refractivity contribution < 1.29 is 10.2 Å². The molecule has 2 unspecified atom stereocenters. The summed E-state index contributed by atoms with van der Waals surface area (Å²) in [5.74, 6) is 0. The van der Waals surface area contributed by atoms with Gasteiger partial charge in [-0.25, -0.2) is 0 Å². The Hall–Kier alpha value is -0.120. The molecule has 15 heavy (non-hydrogen) atoms. The highest BCUT2D eigenvalue weighted by Crippen LogP contribution is 2.23. The number of rotatable bonds is 4. The van der Waals surface area contributed by atoms with Crippen molar-refractivity contribution in [1.82, 2.24) is 4.90 Å². The second kappa shape index (κ2) is 5.28. The first-order valence-corrected chi connectivity index (χ1v) is 5.98. The van der Waals surface area contributed by atoms with Gasteiger partial charge in [-0.3, -0.25) is 4.90 Å². The summed E-state index contributed by atoms with van der Waals surface area (Å²) in [5.41, 5.74) is -0.0333. The van der Waals surface area contributed by atoms with Gasteiger partial charge >= 0.3 is 0 Å². The summed E-state index contributed by atoms with van der Waals surface area (Å²) in [6.45, 7) is 8.42. The van der Waals surface area contributed by atoms with Crippen LogP contribution in [0, 0.1) is 5.41 Å². The average molecular weight is 215 g/mol. The molecule has 2 N–H and O–H groups in total. The molecular formula is C12H25NO2. The summed E-state index contributed by atoms with van der Waals surface area (Å²) in [6, 6.07) is 0.331. The minimum absolute atomic E-state index is 0.0333. The Kier molecular flexibility index (Phi) is 4.56. The summed E-state index contributed by atoms with van der Waals surface area (Å²) >= 11 is 0. The summed E-state index contributed by atoms with van der Waals surface area (Å²) in [4.78, 5) is 2.30. The van der Waals surface area contributed by atoms with Crippen LogP contribution in [0.25, 0.3) is 0 Å². The quantitative estimate of drug-likeness (QED) is 0.741. The van der Waals surface area contributed by atoms with Crippen molar-refractivity contribution in [2.45, 2.75) is 52.2 Å². The van der Waals surface area contributed by atoms with Gasteiger partial charge in [0, 0.05) is 12.6 Å². The van der Waals surface area contributed by atoms with Crippen molar-refractivity contribution in [2.24, 2.45) is 5.41 Å². The van der Waals surface area contributed by atoms with Gasteiger partial charge in [0.1, 0.15) is 0 Å². The molecule has 1 rings (SSSR count). The highest BCUT2D eigenvalue weighted by atomic mass is 16.3. The van der Waals surface area contributed by atoms with Gasteiger partial charge in [0.25, 0.3) is 0 Å². The number of likely N-dealkylation sites (tertiary alicyclic amines) is 1. The van der Waals surface area contributed by atoms with Gasteiger partial charge in [-0.1, -0.05) is 20.8 Å². The molecule has 0 aliphatic carbocycles. The fraction of sp³-hybridized carbons (Fsp3) is 1.00. The van der Waals surface area contributed by atoms with Crippen molar-refractivity contribution in [2.75, 3.05) is 19.7 Å². The van der Waals surface area contributed by atoms with Crippen LogP contribution in [0.4, 0.5) is 0 Å². The Labute approximate surface area is 93.1 Å². The van der Waals surface area contributed by atoms with Gasteiger partial charge in [-0.05, 0) is 31.2 Å². The molecular weight excluding hydrogens is 190 g/mol. The molecule has 0 aromatic heterocycles. The third kappa shape index (κ3) is 3.74. The predicted octanol–water partition coefficient (Wildman–Crippen LogP) is 1.24. The first-order valence-electron chi connectivity index (χ1n) is 5.98. The highest BCUT2D eigenvalue weighted by molar-refractivity contribution is 4.81. The Morgan fingerprint density at radius 2 is 2.07 bits per heavy atom. The zero-order chi connectivity index (χ0) is 11.5. The molecule has 1 aliphatic heterocycles. The minimum atomic E-state index is -0.252. The van der Waals surface area contributed by atoms with Gasteiger partial charge in [-0.2, -0.15) is 0 Å². The summed E-state index contributed by atoms with van der Waals surface area (Å²) in [6.07, 6.45) is 2.83. The Morgan fingerprint density at radius 1 is 1.40 bits per heavy atom. The van der Waals surface area contributed by atoms with E-state index in [1.54, 1.807) is 0 Å². The van der Waals surface area contributed by atoms with Crippen LogP contribution in [0.2, 0.25) is 0 Å². The van der Waals surface area contributed by atoms with Crippen molar-refractivity contribution in [3.05, 3.63) is 0 Å². The molecule has 1 heterocycles. The lowest BCUT2D eigenvalue weighted by Crippen LogP contribution is -2.36. The monoisotopic (exact) mass is 215 g/mol. The molecule has 0 spiro atoms. The lowest BCUT2D eigenvalue weighted by atomic mass is 9.87. The van der Waals surface area contributed by atoms with E-state index >= 15 is 0 Å². The predicted molar refractivity (Wildman–Crippen MR) is 61.8 cm³/mol. The van der Waals surface area contributed by atoms with Crippen molar-refractivity contribution in [3.8, 4) is 0 Å². The highest BCUT2D eigenvalue weighted by Gasteiger charge is 2.27. The number of hydrogen-bond donors (Lipinski definition) is 2. The van der Waals surface area contributed by atoms with E-state index in [0.29, 0.717) is 6.04 Å². The first kappa shape index (κ1) is 12.9. The van der Waals surface area contributed by atoms with E-state index in [-0.39, 0.29) is 18.1 Å². The molecule has 0 amide bonds. The third-order valence-corrected chi connectivity index (χ3v) is 3.40. The van der Waals surface area contributed by atoms with Crippen LogP contribution in [0.3, 0.4) is 0 Å². The number of hydrogen-bond acceptors (Lipinski definition) is 3. The largest absolute Gasteiger partial charge is 0.395 e.